The number of benzene rings is 1. The number of aliphatic carboxylic acids is 1. The van der Waals surface area contributed by atoms with Gasteiger partial charge in [0.05, 0.1) is 6.42 Å². The second kappa shape index (κ2) is 5.44. The van der Waals surface area contributed by atoms with Gasteiger partial charge in [0.1, 0.15) is 5.75 Å². The number of rotatable bonds is 4. The van der Waals surface area contributed by atoms with Crippen LogP contribution in [0.1, 0.15) is 12.0 Å². The molecule has 0 fully saturated rings. The lowest BCUT2D eigenvalue weighted by atomic mass is 10.1. The summed E-state index contributed by atoms with van der Waals surface area (Å²) in [5.41, 5.74) is 6.02. The minimum atomic E-state index is -4.78. The highest BCUT2D eigenvalue weighted by Crippen LogP contribution is 2.26. The third kappa shape index (κ3) is 4.77. The third-order valence-corrected chi connectivity index (χ3v) is 1.88. The lowest BCUT2D eigenvalue weighted by molar-refractivity contribution is -0.274. The maximum Gasteiger partial charge on any atom is 0.573 e. The average Bonchev–Trinajstić information content (AvgIpc) is 2.20. The van der Waals surface area contributed by atoms with Crippen molar-refractivity contribution in [1.29, 1.82) is 0 Å². The Morgan fingerprint density at radius 3 is 2.67 bits per heavy atom. The predicted molar refractivity (Wildman–Crippen MR) is 58.8 cm³/mol. The Labute approximate surface area is 100 Å². The van der Waals surface area contributed by atoms with Crippen LogP contribution in [0, 0.1) is 0 Å². The van der Waals surface area contributed by atoms with Crippen molar-refractivity contribution in [1.82, 2.24) is 0 Å². The number of ether oxygens (including phenoxy) is 1. The van der Waals surface area contributed by atoms with Crippen LogP contribution >= 0.6 is 0 Å². The van der Waals surface area contributed by atoms with E-state index in [9.17, 15) is 18.0 Å². The van der Waals surface area contributed by atoms with Gasteiger partial charge in [0.25, 0.3) is 0 Å². The summed E-state index contributed by atoms with van der Waals surface area (Å²) >= 11 is 0. The van der Waals surface area contributed by atoms with Crippen LogP contribution in [0.3, 0.4) is 0 Å². The molecule has 18 heavy (non-hydrogen) atoms. The summed E-state index contributed by atoms with van der Waals surface area (Å²) in [5, 5.41) is 8.41. The minimum Gasteiger partial charge on any atom is -0.481 e. The van der Waals surface area contributed by atoms with Crippen LogP contribution in [0.5, 0.6) is 5.75 Å². The summed E-state index contributed by atoms with van der Waals surface area (Å²) in [6, 6.07) is 3.42. The Morgan fingerprint density at radius 2 is 2.11 bits per heavy atom. The first kappa shape index (κ1) is 13.9. The quantitative estimate of drug-likeness (QED) is 0.817. The van der Waals surface area contributed by atoms with Crippen molar-refractivity contribution in [3.63, 3.8) is 0 Å². The number of carboxylic acid groups (broad SMARTS) is 1. The van der Waals surface area contributed by atoms with Crippen molar-refractivity contribution in [2.24, 2.45) is 0 Å². The minimum absolute atomic E-state index is 0.228. The molecule has 0 aromatic heterocycles. The van der Waals surface area contributed by atoms with E-state index < -0.39 is 18.1 Å². The molecule has 98 valence electrons. The van der Waals surface area contributed by atoms with E-state index in [0.717, 1.165) is 12.1 Å². The number of anilines is 1. The van der Waals surface area contributed by atoms with Gasteiger partial charge in [0, 0.05) is 11.3 Å². The first-order valence-electron chi connectivity index (χ1n) is 4.81. The van der Waals surface area contributed by atoms with Gasteiger partial charge in [-0.3, -0.25) is 4.79 Å². The van der Waals surface area contributed by atoms with E-state index in [1.807, 2.05) is 0 Å². The molecule has 7 heteroatoms. The summed E-state index contributed by atoms with van der Waals surface area (Å²) < 4.78 is 39.7. The molecule has 0 saturated carbocycles. The summed E-state index contributed by atoms with van der Waals surface area (Å²) in [5.74, 6) is -1.46. The zero-order chi connectivity index (χ0) is 13.8. The molecule has 0 heterocycles. The zero-order valence-electron chi connectivity index (χ0n) is 9.07. The van der Waals surface area contributed by atoms with Gasteiger partial charge in [-0.15, -0.1) is 13.2 Å². The second-order valence-electron chi connectivity index (χ2n) is 3.34. The highest BCUT2D eigenvalue weighted by Gasteiger charge is 2.31. The largest absolute Gasteiger partial charge is 0.573 e. The Hall–Kier alpha value is -2.18. The van der Waals surface area contributed by atoms with Gasteiger partial charge in [0.15, 0.2) is 0 Å². The van der Waals surface area contributed by atoms with E-state index in [1.54, 1.807) is 0 Å². The van der Waals surface area contributed by atoms with E-state index in [0.29, 0.717) is 0 Å². The molecule has 0 aliphatic rings. The van der Waals surface area contributed by atoms with Crippen molar-refractivity contribution in [3.8, 4) is 5.75 Å². The fraction of sp³-hybridized carbons (Fsp3) is 0.182. The number of hydrogen-bond donors (Lipinski definition) is 2. The molecule has 0 spiro atoms. The summed E-state index contributed by atoms with van der Waals surface area (Å²) in [6.45, 7) is 0. The molecule has 0 radical (unpaired) electrons. The van der Waals surface area contributed by atoms with Crippen molar-refractivity contribution in [2.75, 3.05) is 5.73 Å². The van der Waals surface area contributed by atoms with Crippen LogP contribution in [0.2, 0.25) is 0 Å². The number of nitrogen functional groups attached to an aromatic ring is 1. The number of alkyl halides is 3. The van der Waals surface area contributed by atoms with E-state index >= 15 is 0 Å². The van der Waals surface area contributed by atoms with E-state index in [4.69, 9.17) is 10.8 Å². The molecule has 0 saturated heterocycles. The number of halogens is 3. The molecule has 0 aliphatic carbocycles. The Kier molecular flexibility index (Phi) is 4.19. The van der Waals surface area contributed by atoms with Crippen LogP contribution in [-0.2, 0) is 4.79 Å². The van der Waals surface area contributed by atoms with Crippen LogP contribution < -0.4 is 10.5 Å². The second-order valence-corrected chi connectivity index (χ2v) is 3.34. The molecule has 0 atom stereocenters. The number of nitrogens with two attached hydrogens (primary N) is 1. The van der Waals surface area contributed by atoms with Crippen LogP contribution in [-0.4, -0.2) is 17.4 Å². The molecular weight excluding hydrogens is 251 g/mol. The number of carboxylic acids is 1. The van der Waals surface area contributed by atoms with Crippen molar-refractivity contribution in [3.05, 3.63) is 29.8 Å². The van der Waals surface area contributed by atoms with Gasteiger partial charge in [-0.2, -0.15) is 0 Å². The molecular formula is C11H10F3NO3. The Morgan fingerprint density at radius 1 is 1.44 bits per heavy atom. The van der Waals surface area contributed by atoms with Gasteiger partial charge >= 0.3 is 12.3 Å². The van der Waals surface area contributed by atoms with E-state index in [-0.39, 0.29) is 17.7 Å². The monoisotopic (exact) mass is 261 g/mol. The summed E-state index contributed by atoms with van der Waals surface area (Å²) in [4.78, 5) is 10.3. The molecule has 4 nitrogen and oxygen atoms in total. The van der Waals surface area contributed by atoms with Crippen molar-refractivity contribution in [2.45, 2.75) is 12.8 Å². The first-order valence-corrected chi connectivity index (χ1v) is 4.81. The summed E-state index contributed by atoms with van der Waals surface area (Å²) in [7, 11) is 0. The highest BCUT2D eigenvalue weighted by atomic mass is 19.4. The molecule has 1 aromatic rings. The maximum absolute atomic E-state index is 12.0. The van der Waals surface area contributed by atoms with Crippen LogP contribution in [0.15, 0.2) is 24.3 Å². The molecule has 0 unspecified atom stereocenters. The van der Waals surface area contributed by atoms with Gasteiger partial charge in [0.2, 0.25) is 0 Å². The topological polar surface area (TPSA) is 72.5 Å². The Bertz CT molecular complexity index is 469. The fourth-order valence-corrected chi connectivity index (χ4v) is 1.18. The van der Waals surface area contributed by atoms with Crippen LogP contribution in [0.25, 0.3) is 6.08 Å². The molecule has 3 N–H and O–H groups in total. The van der Waals surface area contributed by atoms with Gasteiger partial charge < -0.3 is 15.6 Å². The number of carbonyl (C=O) groups is 1. The normalized spacial score (nSPS) is 11.7. The van der Waals surface area contributed by atoms with Crippen molar-refractivity contribution < 1.29 is 27.8 Å². The van der Waals surface area contributed by atoms with E-state index in [1.165, 1.54) is 18.2 Å². The average molecular weight is 261 g/mol. The fourth-order valence-electron chi connectivity index (χ4n) is 1.18. The first-order chi connectivity index (χ1) is 8.28. The van der Waals surface area contributed by atoms with Crippen LogP contribution in [0.4, 0.5) is 18.9 Å². The SMILES string of the molecule is Nc1ccc(OC(F)(F)F)cc1C=CCC(=O)O. The summed E-state index contributed by atoms with van der Waals surface area (Å²) in [6.07, 6.45) is -2.42. The van der Waals surface area contributed by atoms with Gasteiger partial charge in [-0.1, -0.05) is 12.2 Å². The standard InChI is InChI=1S/C11H10F3NO3/c12-11(13,14)18-8-4-5-9(15)7(6-8)2-1-3-10(16)17/h1-2,4-6H,3,15H2,(H,16,17). The van der Waals surface area contributed by atoms with Gasteiger partial charge in [-0.25, -0.2) is 0 Å². The number of hydrogen-bond acceptors (Lipinski definition) is 3. The van der Waals surface area contributed by atoms with Crippen molar-refractivity contribution >= 4 is 17.7 Å². The Balaban J connectivity index is 2.88. The lowest BCUT2D eigenvalue weighted by Crippen LogP contribution is -2.17. The van der Waals surface area contributed by atoms with Gasteiger partial charge in [-0.05, 0) is 18.2 Å². The molecule has 0 aliphatic heterocycles. The van der Waals surface area contributed by atoms with E-state index in [2.05, 4.69) is 4.74 Å². The zero-order valence-corrected chi connectivity index (χ0v) is 9.07. The molecule has 1 rings (SSSR count). The molecule has 0 bridgehead atoms. The predicted octanol–water partition coefficient (Wildman–Crippen LogP) is 2.66. The lowest BCUT2D eigenvalue weighted by Gasteiger charge is -2.10. The highest BCUT2D eigenvalue weighted by molar-refractivity contribution is 5.72. The maximum atomic E-state index is 12.0. The smallest absolute Gasteiger partial charge is 0.481 e. The molecule has 1 aromatic carbocycles. The molecule has 0 amide bonds. The third-order valence-electron chi connectivity index (χ3n) is 1.88.